The van der Waals surface area contributed by atoms with Crippen LogP contribution in [0, 0.1) is 64.8 Å². The van der Waals surface area contributed by atoms with Crippen LogP contribution in [0.2, 0.25) is 5.15 Å². The second-order valence-corrected chi connectivity index (χ2v) is 45.0. The standard InChI is InChI=1S/C25H18F2N4O2S2.C24H19ClF2N4O2S.C19H25N5O3S.C17H22N4O4S.C16H21N5O3S/c1-15-18(14-35(32,33)23-7-6-19(26)12-20(23)27)10-17(13-29-15)16-8-9-28-24(11-16)31-25-30-21-4-2-3-5-22(21)34-25;1-14-9-18(6-8-28-14)31-23-10-16(5-7-29-23)19-12-30-24(25)20(15(19)2)13-34(32,33)22-4-3-17(26)11-21(22)27;1-13-18(23-28(26,27)17-5-8-24(3)9-6-17)10-16(12-21-13)15-4-7-20-19(11-15)22-14(2)25;1-11(22)8-14-9-13(6-7-18-14)15-10-19-17(25-5)16(12(15)2)20-26(23,24)21(3)4;1-5-21(4)25(23,24)20-15-8-14(10-18-11(15)2)13-6-7-17-16(9-13)19-12(3)22/h2-13H,14H2,1H3,(H,28,30,31);3-12H,13H2,1-2H3,(H,28,29,31);4,7,10-12,17,23H,5-6,8-9H2,1-3H3,(H,20,22,25);6-7,9-10,20H,8H2,1-5H3;6-10,20H,5H2,1-4H3,(H,17,19,22). The van der Waals surface area contributed by atoms with Crippen LogP contribution in [0.15, 0.2) is 230 Å². The van der Waals surface area contributed by atoms with Crippen LogP contribution < -0.4 is 40.2 Å². The maximum absolute atomic E-state index is 14.2. The Kier molecular flexibility index (Phi) is 37.2. The van der Waals surface area contributed by atoms with Gasteiger partial charge in [-0.2, -0.15) is 25.4 Å². The molecule has 0 unspecified atom stereocenters. The minimum Gasteiger partial charge on any atom is -0.479 e. The van der Waals surface area contributed by atoms with Gasteiger partial charge in [0.15, 0.2) is 24.8 Å². The Bertz CT molecular complexity index is 8060. The molecule has 0 aliphatic carbocycles. The molecule has 774 valence electrons. The smallest absolute Gasteiger partial charge is 0.301 e. The second kappa shape index (κ2) is 49.2. The normalized spacial score (nSPS) is 12.3. The van der Waals surface area contributed by atoms with Gasteiger partial charge in [0, 0.05) is 184 Å². The first-order valence-electron chi connectivity index (χ1n) is 45.3. The van der Waals surface area contributed by atoms with Crippen LogP contribution in [0.5, 0.6) is 5.88 Å². The number of rotatable bonds is 30. The van der Waals surface area contributed by atoms with Crippen molar-refractivity contribution in [1.29, 1.82) is 0 Å². The summed E-state index contributed by atoms with van der Waals surface area (Å²) in [4.78, 5) is 85.8. The van der Waals surface area contributed by atoms with E-state index >= 15 is 0 Å². The number of benzene rings is 3. The van der Waals surface area contributed by atoms with Crippen LogP contribution in [0.1, 0.15) is 91.3 Å². The molecular formula is C101H105ClF4N22O14S6. The number of carbonyl (C=O) groups is 3. The molecule has 1 aliphatic rings. The molecule has 12 aromatic heterocycles. The molecule has 148 heavy (non-hydrogen) atoms. The number of anilines is 9. The maximum Gasteiger partial charge on any atom is 0.301 e. The number of likely N-dealkylation sites (tertiary alicyclic amines) is 1. The summed E-state index contributed by atoms with van der Waals surface area (Å²) in [7, 11) is -11.3. The van der Waals surface area contributed by atoms with Crippen LogP contribution in [-0.2, 0) is 82.4 Å². The first-order valence-corrected chi connectivity index (χ1v) is 54.2. The van der Waals surface area contributed by atoms with Gasteiger partial charge in [-0.3, -0.25) is 53.5 Å². The molecule has 1 saturated heterocycles. The number of piperidine rings is 1. The monoisotopic (exact) mass is 2150 g/mol. The molecule has 1 aliphatic heterocycles. The molecule has 13 heterocycles. The summed E-state index contributed by atoms with van der Waals surface area (Å²) in [5.74, 6) is -3.29. The van der Waals surface area contributed by atoms with Gasteiger partial charge in [0.2, 0.25) is 27.7 Å². The lowest BCUT2D eigenvalue weighted by molar-refractivity contribution is -0.116. The number of fused-ring (bicyclic) bond motifs is 1. The molecule has 0 radical (unpaired) electrons. The van der Waals surface area contributed by atoms with Crippen molar-refractivity contribution in [2.45, 2.75) is 115 Å². The van der Waals surface area contributed by atoms with Gasteiger partial charge in [-0.25, -0.2) is 77.7 Å². The molecule has 2 amide bonds. The number of hydrogen-bond acceptors (Lipinski definition) is 30. The van der Waals surface area contributed by atoms with E-state index in [1.165, 1.54) is 64.7 Å². The summed E-state index contributed by atoms with van der Waals surface area (Å²) >= 11 is 7.75. The molecule has 36 nitrogen and oxygen atoms in total. The number of halogens is 5. The number of aryl methyl sites for hydroxylation is 4. The van der Waals surface area contributed by atoms with Crippen LogP contribution in [0.3, 0.4) is 0 Å². The van der Waals surface area contributed by atoms with Crippen molar-refractivity contribution >= 4 is 152 Å². The predicted molar refractivity (Wildman–Crippen MR) is 565 cm³/mol. The summed E-state index contributed by atoms with van der Waals surface area (Å²) in [5, 5.41) is 12.0. The molecular weight excluding hydrogens is 2050 g/mol. The Morgan fingerprint density at radius 2 is 0.980 bits per heavy atom. The molecule has 15 aromatic rings. The quantitative estimate of drug-likeness (QED) is 0.0125. The Morgan fingerprint density at radius 1 is 0.493 bits per heavy atom. The summed E-state index contributed by atoms with van der Waals surface area (Å²) in [6.45, 7) is 18.5. The topological polar surface area (TPSA) is 480 Å². The zero-order valence-corrected chi connectivity index (χ0v) is 88.4. The van der Waals surface area contributed by atoms with E-state index in [1.54, 1.807) is 183 Å². The van der Waals surface area contributed by atoms with E-state index in [1.807, 2.05) is 56.4 Å². The number of methoxy groups -OCH3 is 1. The van der Waals surface area contributed by atoms with Crippen molar-refractivity contribution in [2.75, 3.05) is 90.4 Å². The number of nitrogens with zero attached hydrogens (tertiary/aromatic N) is 15. The average molecular weight is 2150 g/mol. The number of pyridine rings is 11. The summed E-state index contributed by atoms with van der Waals surface area (Å²) in [6.07, 6.45) is 19.3. The molecule has 16 rings (SSSR count). The Labute approximate surface area is 863 Å². The van der Waals surface area contributed by atoms with E-state index in [2.05, 4.69) is 100 Å². The second-order valence-electron chi connectivity index (χ2n) is 34.1. The zero-order valence-electron chi connectivity index (χ0n) is 82.8. The van der Waals surface area contributed by atoms with Gasteiger partial charge < -0.3 is 30.9 Å². The molecule has 0 bridgehead atoms. The molecule has 0 saturated carbocycles. The van der Waals surface area contributed by atoms with Gasteiger partial charge in [0.25, 0.3) is 0 Å². The molecule has 3 aromatic carbocycles. The van der Waals surface area contributed by atoms with E-state index in [0.717, 1.165) is 102 Å². The average Bonchev–Trinajstić information content (AvgIpc) is 1.13. The third-order valence-corrected chi connectivity index (χ3v) is 32.3. The number of sulfonamides is 1. The van der Waals surface area contributed by atoms with Gasteiger partial charge in [0.05, 0.1) is 56.8 Å². The lowest BCUT2D eigenvalue weighted by Crippen LogP contribution is -2.39. The third kappa shape index (κ3) is 30.0. The largest absolute Gasteiger partial charge is 0.479 e. The van der Waals surface area contributed by atoms with E-state index in [-0.39, 0.29) is 46.3 Å². The highest BCUT2D eigenvalue weighted by Gasteiger charge is 2.32. The van der Waals surface area contributed by atoms with Gasteiger partial charge in [0.1, 0.15) is 73.0 Å². The molecule has 1 fully saturated rings. The van der Waals surface area contributed by atoms with E-state index in [4.69, 9.17) is 16.3 Å². The van der Waals surface area contributed by atoms with Crippen molar-refractivity contribution in [1.82, 2.24) is 73.3 Å². The first kappa shape index (κ1) is 112. The van der Waals surface area contributed by atoms with Crippen molar-refractivity contribution in [3.63, 3.8) is 0 Å². The highest BCUT2D eigenvalue weighted by molar-refractivity contribution is 7.93. The molecule has 0 spiro atoms. The first-order chi connectivity index (χ1) is 70.0. The van der Waals surface area contributed by atoms with Crippen molar-refractivity contribution in [2.24, 2.45) is 0 Å². The number of amides is 2. The van der Waals surface area contributed by atoms with Crippen LogP contribution in [0.25, 0.3) is 65.9 Å². The number of ether oxygens (including phenoxy) is 1. The lowest BCUT2D eigenvalue weighted by atomic mass is 10.0. The minimum atomic E-state index is -4.15. The number of nitrogens with one attached hydrogen (secondary N) is 7. The minimum absolute atomic E-state index is 0.00740. The number of carbonyl (C=O) groups excluding carboxylic acids is 3. The number of Topliss-reactive ketones (excluding diaryl/α,β-unsaturated/α-hetero) is 1. The number of aromatic nitrogens is 12. The summed E-state index contributed by atoms with van der Waals surface area (Å²) in [6, 6.07) is 39.1. The van der Waals surface area contributed by atoms with Gasteiger partial charge in [-0.05, 0) is 253 Å². The lowest BCUT2D eigenvalue weighted by Gasteiger charge is -2.29. The summed E-state index contributed by atoms with van der Waals surface area (Å²) in [5.41, 5.74) is 15.2. The Morgan fingerprint density at radius 3 is 1.51 bits per heavy atom. The molecule has 7 N–H and O–H groups in total. The fraction of sp³-hybridized carbons (Fsp3) is 0.238. The highest BCUT2D eigenvalue weighted by Crippen LogP contribution is 2.39. The Hall–Kier alpha value is -14.8. The van der Waals surface area contributed by atoms with Gasteiger partial charge in [-0.1, -0.05) is 42.0 Å². The fourth-order valence-corrected chi connectivity index (χ4v) is 22.1. The number of ketones is 1. The Balaban J connectivity index is 0.000000165. The number of para-hydroxylation sites is 1. The van der Waals surface area contributed by atoms with E-state index in [9.17, 15) is 74.0 Å². The molecule has 47 heteroatoms. The maximum atomic E-state index is 14.2. The summed E-state index contributed by atoms with van der Waals surface area (Å²) < 4.78 is 197. The van der Waals surface area contributed by atoms with Gasteiger partial charge >= 0.3 is 20.4 Å². The number of hydrogen-bond donors (Lipinski definition) is 7. The van der Waals surface area contributed by atoms with Crippen molar-refractivity contribution in [3.8, 4) is 61.5 Å². The van der Waals surface area contributed by atoms with Crippen LogP contribution in [-0.4, -0.2) is 193 Å². The van der Waals surface area contributed by atoms with Crippen LogP contribution >= 0.6 is 22.9 Å². The zero-order chi connectivity index (χ0) is 107. The predicted octanol–water partition coefficient (Wildman–Crippen LogP) is 17.9. The van der Waals surface area contributed by atoms with E-state index in [0.29, 0.717) is 127 Å². The highest BCUT2D eigenvalue weighted by atomic mass is 35.5. The van der Waals surface area contributed by atoms with Crippen molar-refractivity contribution in [3.05, 3.63) is 299 Å². The van der Waals surface area contributed by atoms with Crippen molar-refractivity contribution < 1.29 is 78.8 Å². The number of sulfone groups is 2. The number of thiazole rings is 1. The van der Waals surface area contributed by atoms with Crippen LogP contribution in [0.4, 0.5) is 68.7 Å². The van der Waals surface area contributed by atoms with Gasteiger partial charge in [-0.15, -0.1) is 0 Å². The van der Waals surface area contributed by atoms with E-state index < -0.39 is 99.9 Å². The molecule has 0 atom stereocenters. The fourth-order valence-electron chi connectivity index (χ4n) is 14.7. The third-order valence-electron chi connectivity index (χ3n) is 22.8. The SMILES string of the molecule is CC(=O)Nc1cc(-c2cnc(C)c(NS(=O)(=O)C3CCN(C)CC3)c2)ccn1.CCN(C)S(=O)(=O)Nc1cc(-c2ccnc(NC(C)=O)c2)cnc1C.COc1ncc(-c2ccnc(CC(C)=O)c2)c(C)c1NS(=O)(=O)N(C)C.Cc1cc(Nc2cc(-c3cnc(Cl)c(CS(=O)(=O)c4ccc(F)cc4F)c3C)ccn2)ccn1.Cc1ncc(-c2ccnc(Nc3nc4ccccc4s3)c2)cc1CS(=O)(=O)c1ccc(F)cc1F.